The fourth-order valence-electron chi connectivity index (χ4n) is 6.05. The van der Waals surface area contributed by atoms with Crippen LogP contribution in [0.15, 0.2) is 12.4 Å². The molecule has 1 rings (SSSR count). The molecular weight excluding hydrogens is 448 g/mol. The van der Waals surface area contributed by atoms with Crippen molar-refractivity contribution in [3.05, 3.63) is 12.4 Å². The van der Waals surface area contributed by atoms with E-state index in [-0.39, 0.29) is 0 Å². The van der Waals surface area contributed by atoms with Crippen LogP contribution < -0.4 is 0 Å². The Morgan fingerprint density at radius 2 is 0.730 bits per heavy atom. The summed E-state index contributed by atoms with van der Waals surface area (Å²) in [5.74, 6) is 0. The standard InChI is InChI=1S/C35H70N2/c1-4-6-8-10-12-14-16-17-18-19-20-21-23-25-27-29-31-35-36(3)33-34-37(35)32-30-28-26-24-22-15-13-11-9-7-5-2/h33-35H,4-32H2,1-3H3. The zero-order valence-corrected chi connectivity index (χ0v) is 26.1. The second-order valence-electron chi connectivity index (χ2n) is 12.3. The van der Waals surface area contributed by atoms with Crippen molar-refractivity contribution in [1.82, 2.24) is 9.80 Å². The van der Waals surface area contributed by atoms with Crippen molar-refractivity contribution in [3.8, 4) is 0 Å². The van der Waals surface area contributed by atoms with Gasteiger partial charge in [0.1, 0.15) is 6.17 Å². The van der Waals surface area contributed by atoms with Crippen molar-refractivity contribution in [1.29, 1.82) is 0 Å². The smallest absolute Gasteiger partial charge is 0.100 e. The Morgan fingerprint density at radius 1 is 0.405 bits per heavy atom. The lowest BCUT2D eigenvalue weighted by Gasteiger charge is -2.30. The maximum Gasteiger partial charge on any atom is 0.100 e. The first-order valence-corrected chi connectivity index (χ1v) is 17.5. The summed E-state index contributed by atoms with van der Waals surface area (Å²) in [6, 6.07) is 0. The van der Waals surface area contributed by atoms with Gasteiger partial charge in [-0.2, -0.15) is 0 Å². The number of rotatable bonds is 29. The summed E-state index contributed by atoms with van der Waals surface area (Å²) in [5.41, 5.74) is 0. The summed E-state index contributed by atoms with van der Waals surface area (Å²) in [5, 5.41) is 0. The minimum absolute atomic E-state index is 0.620. The molecule has 0 aromatic heterocycles. The molecule has 1 atom stereocenters. The third-order valence-corrected chi connectivity index (χ3v) is 8.68. The van der Waals surface area contributed by atoms with Gasteiger partial charge in [0.2, 0.25) is 0 Å². The lowest BCUT2D eigenvalue weighted by Crippen LogP contribution is -2.37. The van der Waals surface area contributed by atoms with Crippen LogP contribution in [0.5, 0.6) is 0 Å². The average molecular weight is 519 g/mol. The van der Waals surface area contributed by atoms with Crippen LogP contribution in [0.25, 0.3) is 0 Å². The molecule has 37 heavy (non-hydrogen) atoms. The van der Waals surface area contributed by atoms with Gasteiger partial charge in [-0.1, -0.05) is 174 Å². The van der Waals surface area contributed by atoms with Crippen LogP contribution >= 0.6 is 0 Å². The zero-order chi connectivity index (χ0) is 26.7. The molecule has 1 heterocycles. The van der Waals surface area contributed by atoms with Gasteiger partial charge in [0.15, 0.2) is 0 Å². The predicted octanol–water partition coefficient (Wildman–Crippen LogP) is 12.0. The molecule has 0 bridgehead atoms. The molecule has 2 heteroatoms. The van der Waals surface area contributed by atoms with Gasteiger partial charge in [0.25, 0.3) is 0 Å². The Bertz CT molecular complexity index is 474. The molecule has 0 amide bonds. The van der Waals surface area contributed by atoms with Crippen LogP contribution in [-0.4, -0.2) is 29.6 Å². The molecule has 1 aliphatic heterocycles. The Balaban J connectivity index is 1.87. The molecule has 0 spiro atoms. The second kappa shape index (κ2) is 26.9. The third kappa shape index (κ3) is 20.9. The van der Waals surface area contributed by atoms with Crippen LogP contribution in [0.2, 0.25) is 0 Å². The molecule has 1 unspecified atom stereocenters. The number of hydrogen-bond donors (Lipinski definition) is 0. The van der Waals surface area contributed by atoms with Gasteiger partial charge in [0, 0.05) is 26.0 Å². The van der Waals surface area contributed by atoms with Gasteiger partial charge in [-0.15, -0.1) is 0 Å². The topological polar surface area (TPSA) is 6.48 Å². The summed E-state index contributed by atoms with van der Waals surface area (Å²) in [4.78, 5) is 5.07. The van der Waals surface area contributed by atoms with Crippen LogP contribution in [-0.2, 0) is 0 Å². The van der Waals surface area contributed by atoms with E-state index in [1.54, 1.807) is 0 Å². The Kier molecular flexibility index (Phi) is 25.0. The van der Waals surface area contributed by atoms with E-state index >= 15 is 0 Å². The molecule has 0 N–H and O–H groups in total. The van der Waals surface area contributed by atoms with E-state index in [0.29, 0.717) is 6.17 Å². The Labute approximate surface area is 235 Å². The lowest BCUT2D eigenvalue weighted by molar-refractivity contribution is 0.159. The fraction of sp³-hybridized carbons (Fsp3) is 0.943. The highest BCUT2D eigenvalue weighted by Gasteiger charge is 2.22. The molecule has 0 saturated heterocycles. The first-order valence-electron chi connectivity index (χ1n) is 17.5. The summed E-state index contributed by atoms with van der Waals surface area (Å²) in [6.07, 6.45) is 45.6. The van der Waals surface area contributed by atoms with E-state index in [1.165, 1.54) is 186 Å². The average Bonchev–Trinajstić information content (AvgIpc) is 3.25. The van der Waals surface area contributed by atoms with Gasteiger partial charge < -0.3 is 9.80 Å². The van der Waals surface area contributed by atoms with Gasteiger partial charge in [-0.25, -0.2) is 0 Å². The predicted molar refractivity (Wildman–Crippen MR) is 168 cm³/mol. The van der Waals surface area contributed by atoms with E-state index in [9.17, 15) is 0 Å². The number of nitrogens with zero attached hydrogens (tertiary/aromatic N) is 2. The van der Waals surface area contributed by atoms with Crippen LogP contribution in [0.3, 0.4) is 0 Å². The van der Waals surface area contributed by atoms with E-state index in [1.807, 2.05) is 0 Å². The normalized spacial score (nSPS) is 15.4. The van der Waals surface area contributed by atoms with Gasteiger partial charge >= 0.3 is 0 Å². The monoisotopic (exact) mass is 519 g/mol. The third-order valence-electron chi connectivity index (χ3n) is 8.68. The van der Waals surface area contributed by atoms with Gasteiger partial charge in [-0.3, -0.25) is 0 Å². The quantitative estimate of drug-likeness (QED) is 0.0908. The largest absolute Gasteiger partial charge is 0.359 e. The van der Waals surface area contributed by atoms with E-state index in [4.69, 9.17) is 0 Å². The minimum Gasteiger partial charge on any atom is -0.359 e. The van der Waals surface area contributed by atoms with Crippen LogP contribution in [0.1, 0.15) is 194 Å². The highest BCUT2D eigenvalue weighted by Crippen LogP contribution is 2.22. The highest BCUT2D eigenvalue weighted by atomic mass is 15.4. The van der Waals surface area contributed by atoms with Crippen molar-refractivity contribution in [2.24, 2.45) is 0 Å². The van der Waals surface area contributed by atoms with Crippen LogP contribution in [0, 0.1) is 0 Å². The Hall–Kier alpha value is -0.660. The molecule has 220 valence electrons. The highest BCUT2D eigenvalue weighted by molar-refractivity contribution is 4.95. The summed E-state index contributed by atoms with van der Waals surface area (Å²) in [7, 11) is 2.27. The summed E-state index contributed by atoms with van der Waals surface area (Å²) >= 11 is 0. The van der Waals surface area contributed by atoms with Crippen molar-refractivity contribution >= 4 is 0 Å². The number of hydrogen-bond acceptors (Lipinski definition) is 2. The molecular formula is C35H70N2. The molecule has 2 nitrogen and oxygen atoms in total. The van der Waals surface area contributed by atoms with Crippen molar-refractivity contribution < 1.29 is 0 Å². The molecule has 0 radical (unpaired) electrons. The first-order chi connectivity index (χ1) is 18.3. The molecule has 0 saturated carbocycles. The lowest BCUT2D eigenvalue weighted by atomic mass is 10.0. The van der Waals surface area contributed by atoms with Crippen molar-refractivity contribution in [2.75, 3.05) is 13.6 Å². The second-order valence-corrected chi connectivity index (χ2v) is 12.3. The summed E-state index contributed by atoms with van der Waals surface area (Å²) < 4.78 is 0. The fourth-order valence-corrected chi connectivity index (χ4v) is 6.05. The number of unbranched alkanes of at least 4 members (excludes halogenated alkanes) is 25. The van der Waals surface area contributed by atoms with Gasteiger partial charge in [-0.05, 0) is 19.3 Å². The van der Waals surface area contributed by atoms with Gasteiger partial charge in [0.05, 0.1) is 0 Å². The van der Waals surface area contributed by atoms with Crippen molar-refractivity contribution in [2.45, 2.75) is 200 Å². The first kappa shape index (κ1) is 34.4. The molecule has 0 aromatic carbocycles. The SMILES string of the molecule is CCCCCCCCCCCCCCCCCCC1N(C)C=CN1CCCCCCCCCCCCC. The van der Waals surface area contributed by atoms with Crippen LogP contribution in [0.4, 0.5) is 0 Å². The Morgan fingerprint density at radius 3 is 1.11 bits per heavy atom. The van der Waals surface area contributed by atoms with Crippen molar-refractivity contribution in [3.63, 3.8) is 0 Å². The van der Waals surface area contributed by atoms with E-state index in [0.717, 1.165) is 0 Å². The molecule has 0 aliphatic carbocycles. The van der Waals surface area contributed by atoms with E-state index < -0.39 is 0 Å². The summed E-state index contributed by atoms with van der Waals surface area (Å²) in [6.45, 7) is 5.86. The minimum atomic E-state index is 0.620. The molecule has 0 aromatic rings. The maximum absolute atomic E-state index is 2.62. The maximum atomic E-state index is 2.62. The molecule has 0 fully saturated rings. The zero-order valence-electron chi connectivity index (χ0n) is 26.1. The van der Waals surface area contributed by atoms with E-state index in [2.05, 4.69) is 43.1 Å². The molecule has 1 aliphatic rings.